The van der Waals surface area contributed by atoms with Crippen molar-refractivity contribution in [3.8, 4) is 0 Å². The molecule has 0 aliphatic rings. The zero-order valence-corrected chi connectivity index (χ0v) is 9.65. The molecule has 1 aromatic rings. The van der Waals surface area contributed by atoms with Gasteiger partial charge in [-0.1, -0.05) is 19.4 Å². The van der Waals surface area contributed by atoms with Crippen molar-refractivity contribution in [2.24, 2.45) is 5.73 Å². The largest absolute Gasteiger partial charge is 0.328 e. The maximum atomic E-state index is 5.91. The number of hydrogen-bond acceptors (Lipinski definition) is 3. The Morgan fingerprint density at radius 2 is 2.36 bits per heavy atom. The Kier molecular flexibility index (Phi) is 5.83. The summed E-state index contributed by atoms with van der Waals surface area (Å²) in [6.07, 6.45) is 3.41. The van der Waals surface area contributed by atoms with Crippen molar-refractivity contribution in [3.63, 3.8) is 0 Å². The van der Waals surface area contributed by atoms with E-state index in [4.69, 9.17) is 5.73 Å². The number of thiophene rings is 1. The summed E-state index contributed by atoms with van der Waals surface area (Å²) in [5.74, 6) is 0. The minimum absolute atomic E-state index is 0.371. The molecule has 14 heavy (non-hydrogen) atoms. The monoisotopic (exact) mass is 212 g/mol. The van der Waals surface area contributed by atoms with E-state index in [2.05, 4.69) is 29.8 Å². The molecule has 0 saturated heterocycles. The molecule has 1 atom stereocenters. The number of nitrogens with two attached hydrogens (primary N) is 1. The summed E-state index contributed by atoms with van der Waals surface area (Å²) in [6.45, 7) is 4.19. The van der Waals surface area contributed by atoms with Crippen molar-refractivity contribution in [1.29, 1.82) is 0 Å². The summed E-state index contributed by atoms with van der Waals surface area (Å²) < 4.78 is 0. The molecule has 0 radical (unpaired) electrons. The highest BCUT2D eigenvalue weighted by atomic mass is 32.1. The van der Waals surface area contributed by atoms with Gasteiger partial charge in [0.2, 0.25) is 0 Å². The molecule has 0 aliphatic carbocycles. The van der Waals surface area contributed by atoms with E-state index in [1.807, 2.05) is 0 Å². The Labute approximate surface area is 90.5 Å². The molecule has 1 unspecified atom stereocenters. The van der Waals surface area contributed by atoms with Gasteiger partial charge in [0.05, 0.1) is 0 Å². The highest BCUT2D eigenvalue weighted by molar-refractivity contribution is 7.09. The van der Waals surface area contributed by atoms with E-state index in [1.165, 1.54) is 11.3 Å². The van der Waals surface area contributed by atoms with Crippen molar-refractivity contribution >= 4 is 11.3 Å². The van der Waals surface area contributed by atoms with E-state index in [0.717, 1.165) is 25.9 Å². The molecular formula is C11H20N2S. The van der Waals surface area contributed by atoms with Gasteiger partial charge in [-0.15, -0.1) is 11.3 Å². The summed E-state index contributed by atoms with van der Waals surface area (Å²) in [5, 5.41) is 5.52. The lowest BCUT2D eigenvalue weighted by Gasteiger charge is -2.10. The van der Waals surface area contributed by atoms with Crippen LogP contribution in [0.5, 0.6) is 0 Å². The molecular weight excluding hydrogens is 192 g/mol. The molecule has 0 aliphatic heterocycles. The minimum atomic E-state index is 0.371. The van der Waals surface area contributed by atoms with Crippen LogP contribution in [0.3, 0.4) is 0 Å². The molecule has 1 rings (SSSR count). The van der Waals surface area contributed by atoms with E-state index in [9.17, 15) is 0 Å². The molecule has 0 saturated carbocycles. The zero-order valence-electron chi connectivity index (χ0n) is 8.83. The Morgan fingerprint density at radius 1 is 1.50 bits per heavy atom. The summed E-state index contributed by atoms with van der Waals surface area (Å²) in [6, 6.07) is 4.62. The molecule has 1 aromatic heterocycles. The molecule has 0 aromatic carbocycles. The summed E-state index contributed by atoms with van der Waals surface area (Å²) in [7, 11) is 0. The van der Waals surface area contributed by atoms with Gasteiger partial charge in [-0.3, -0.25) is 0 Å². The second-order valence-electron chi connectivity index (χ2n) is 3.59. The predicted molar refractivity (Wildman–Crippen MR) is 63.5 cm³/mol. The summed E-state index contributed by atoms with van der Waals surface area (Å²) in [5.41, 5.74) is 5.91. The highest BCUT2D eigenvalue weighted by Gasteiger charge is 2.00. The van der Waals surface area contributed by atoms with E-state index in [1.54, 1.807) is 11.3 Å². The van der Waals surface area contributed by atoms with Crippen LogP contribution in [-0.2, 0) is 6.54 Å². The van der Waals surface area contributed by atoms with Crippen molar-refractivity contribution in [2.75, 3.05) is 6.54 Å². The molecule has 0 spiro atoms. The lowest BCUT2D eigenvalue weighted by atomic mass is 10.1. The van der Waals surface area contributed by atoms with Crippen LogP contribution in [-0.4, -0.2) is 12.6 Å². The summed E-state index contributed by atoms with van der Waals surface area (Å²) >= 11 is 1.80. The third-order valence-corrected chi connectivity index (χ3v) is 3.11. The van der Waals surface area contributed by atoms with Gasteiger partial charge in [-0.25, -0.2) is 0 Å². The van der Waals surface area contributed by atoms with Gasteiger partial charge in [0.1, 0.15) is 0 Å². The van der Waals surface area contributed by atoms with Gasteiger partial charge in [-0.05, 0) is 30.8 Å². The normalized spacial score (nSPS) is 13.0. The van der Waals surface area contributed by atoms with Gasteiger partial charge in [-0.2, -0.15) is 0 Å². The van der Waals surface area contributed by atoms with E-state index in [-0.39, 0.29) is 0 Å². The van der Waals surface area contributed by atoms with Crippen LogP contribution in [0.4, 0.5) is 0 Å². The van der Waals surface area contributed by atoms with Gasteiger partial charge in [0.15, 0.2) is 0 Å². The molecule has 3 N–H and O–H groups in total. The Balaban J connectivity index is 1.99. The third kappa shape index (κ3) is 4.74. The predicted octanol–water partition coefficient (Wildman–Crippen LogP) is 2.36. The van der Waals surface area contributed by atoms with Crippen molar-refractivity contribution < 1.29 is 0 Å². The lowest BCUT2D eigenvalue weighted by molar-refractivity contribution is 0.528. The quantitative estimate of drug-likeness (QED) is 0.681. The standard InChI is InChI=1S/C11H20N2S/c1-2-4-10(12)6-7-13-9-11-5-3-8-14-11/h3,5,8,10,13H,2,4,6-7,9,12H2,1H3. The second-order valence-corrected chi connectivity index (χ2v) is 4.63. The average Bonchev–Trinajstić information content (AvgIpc) is 2.65. The molecule has 2 nitrogen and oxygen atoms in total. The molecule has 0 fully saturated rings. The van der Waals surface area contributed by atoms with Gasteiger partial charge >= 0.3 is 0 Å². The topological polar surface area (TPSA) is 38.0 Å². The zero-order chi connectivity index (χ0) is 10.2. The van der Waals surface area contributed by atoms with Crippen molar-refractivity contribution in [1.82, 2.24) is 5.32 Å². The van der Waals surface area contributed by atoms with Gasteiger partial charge in [0, 0.05) is 17.5 Å². The fraction of sp³-hybridized carbons (Fsp3) is 0.636. The maximum Gasteiger partial charge on any atom is 0.0299 e. The first kappa shape index (κ1) is 11.7. The van der Waals surface area contributed by atoms with Crippen LogP contribution < -0.4 is 11.1 Å². The van der Waals surface area contributed by atoms with Gasteiger partial charge in [0.25, 0.3) is 0 Å². The fourth-order valence-corrected chi connectivity index (χ4v) is 2.10. The van der Waals surface area contributed by atoms with Crippen molar-refractivity contribution in [3.05, 3.63) is 22.4 Å². The molecule has 80 valence electrons. The average molecular weight is 212 g/mol. The van der Waals surface area contributed by atoms with Gasteiger partial charge < -0.3 is 11.1 Å². The van der Waals surface area contributed by atoms with Crippen LogP contribution in [0.15, 0.2) is 17.5 Å². The van der Waals surface area contributed by atoms with Crippen LogP contribution in [0.2, 0.25) is 0 Å². The lowest BCUT2D eigenvalue weighted by Crippen LogP contribution is -2.26. The van der Waals surface area contributed by atoms with E-state index < -0.39 is 0 Å². The molecule has 0 amide bonds. The first-order chi connectivity index (χ1) is 6.83. The SMILES string of the molecule is CCCC(N)CCNCc1cccs1. The van der Waals surface area contributed by atoms with Crippen LogP contribution in [0, 0.1) is 0 Å². The van der Waals surface area contributed by atoms with Crippen LogP contribution in [0.25, 0.3) is 0 Å². The third-order valence-electron chi connectivity index (χ3n) is 2.23. The highest BCUT2D eigenvalue weighted by Crippen LogP contribution is 2.07. The fourth-order valence-electron chi connectivity index (χ4n) is 1.43. The Morgan fingerprint density at radius 3 is 3.00 bits per heavy atom. The maximum absolute atomic E-state index is 5.91. The van der Waals surface area contributed by atoms with Crippen LogP contribution >= 0.6 is 11.3 Å². The van der Waals surface area contributed by atoms with E-state index in [0.29, 0.717) is 6.04 Å². The minimum Gasteiger partial charge on any atom is -0.328 e. The number of nitrogens with one attached hydrogen (secondary N) is 1. The molecule has 3 heteroatoms. The van der Waals surface area contributed by atoms with Crippen molar-refractivity contribution in [2.45, 2.75) is 38.8 Å². The Hall–Kier alpha value is -0.380. The second kappa shape index (κ2) is 6.98. The first-order valence-electron chi connectivity index (χ1n) is 5.31. The first-order valence-corrected chi connectivity index (χ1v) is 6.19. The molecule has 1 heterocycles. The molecule has 0 bridgehead atoms. The number of hydrogen-bond donors (Lipinski definition) is 2. The van der Waals surface area contributed by atoms with Crippen LogP contribution in [0.1, 0.15) is 31.1 Å². The smallest absolute Gasteiger partial charge is 0.0299 e. The Bertz CT molecular complexity index is 221. The summed E-state index contributed by atoms with van der Waals surface area (Å²) in [4.78, 5) is 1.40. The van der Waals surface area contributed by atoms with E-state index >= 15 is 0 Å². The number of rotatable bonds is 7.